The third-order valence-electron chi connectivity index (χ3n) is 4.13. The van der Waals surface area contributed by atoms with Crippen LogP contribution in [0.2, 0.25) is 0 Å². The first-order valence-corrected chi connectivity index (χ1v) is 7.08. The summed E-state index contributed by atoms with van der Waals surface area (Å²) in [6.45, 7) is 0.668. The van der Waals surface area contributed by atoms with E-state index in [9.17, 15) is 4.79 Å². The van der Waals surface area contributed by atoms with E-state index < -0.39 is 0 Å². The van der Waals surface area contributed by atoms with Crippen molar-refractivity contribution in [2.75, 3.05) is 6.54 Å². The summed E-state index contributed by atoms with van der Waals surface area (Å²) in [5.41, 5.74) is 7.04. The molecule has 18 heavy (non-hydrogen) atoms. The van der Waals surface area contributed by atoms with Gasteiger partial charge in [-0.3, -0.25) is 4.79 Å². The molecule has 0 heterocycles. The maximum absolute atomic E-state index is 12.3. The number of nitrogens with two attached hydrogens (primary N) is 1. The zero-order valence-corrected chi connectivity index (χ0v) is 11.0. The highest BCUT2D eigenvalue weighted by atomic mass is 16.1. The van der Waals surface area contributed by atoms with Crippen LogP contribution < -0.4 is 5.73 Å². The summed E-state index contributed by atoms with van der Waals surface area (Å²) in [6.07, 6.45) is 6.16. The molecule has 2 nitrogen and oxygen atoms in total. The average molecular weight is 245 g/mol. The van der Waals surface area contributed by atoms with Crippen LogP contribution in [0.5, 0.6) is 0 Å². The van der Waals surface area contributed by atoms with Gasteiger partial charge in [0.05, 0.1) is 0 Å². The normalized spacial score (nSPS) is 23.8. The zero-order valence-electron chi connectivity index (χ0n) is 11.0. The van der Waals surface area contributed by atoms with Crippen LogP contribution in [-0.2, 0) is 11.2 Å². The Kier molecular flexibility index (Phi) is 4.94. The van der Waals surface area contributed by atoms with Gasteiger partial charge >= 0.3 is 0 Å². The molecule has 1 aliphatic rings. The Morgan fingerprint density at radius 3 is 2.61 bits per heavy atom. The van der Waals surface area contributed by atoms with Crippen LogP contribution in [0.1, 0.15) is 37.7 Å². The smallest absolute Gasteiger partial charge is 0.136 e. The second-order valence-corrected chi connectivity index (χ2v) is 5.34. The number of aryl methyl sites for hydroxylation is 1. The van der Waals surface area contributed by atoms with E-state index in [2.05, 4.69) is 12.1 Å². The van der Waals surface area contributed by atoms with Gasteiger partial charge < -0.3 is 5.73 Å². The molecule has 1 aromatic rings. The van der Waals surface area contributed by atoms with E-state index in [-0.39, 0.29) is 5.92 Å². The first-order valence-electron chi connectivity index (χ1n) is 7.08. The van der Waals surface area contributed by atoms with Crippen molar-refractivity contribution >= 4 is 5.78 Å². The fourth-order valence-electron chi connectivity index (χ4n) is 3.01. The van der Waals surface area contributed by atoms with Crippen LogP contribution in [0, 0.1) is 11.8 Å². The number of rotatable bonds is 5. The highest BCUT2D eigenvalue weighted by molar-refractivity contribution is 5.81. The van der Waals surface area contributed by atoms with Gasteiger partial charge in [0.1, 0.15) is 5.78 Å². The van der Waals surface area contributed by atoms with Crippen molar-refractivity contribution in [3.05, 3.63) is 35.9 Å². The van der Waals surface area contributed by atoms with E-state index in [1.165, 1.54) is 18.4 Å². The molecule has 0 aromatic heterocycles. The summed E-state index contributed by atoms with van der Waals surface area (Å²) < 4.78 is 0. The largest absolute Gasteiger partial charge is 0.330 e. The molecule has 0 aliphatic heterocycles. The van der Waals surface area contributed by atoms with E-state index in [0.29, 0.717) is 24.7 Å². The second kappa shape index (κ2) is 6.69. The Morgan fingerprint density at radius 2 is 1.89 bits per heavy atom. The third-order valence-corrected chi connectivity index (χ3v) is 4.13. The standard InChI is InChI=1S/C16H23NO/c17-12-14-8-4-5-9-15(14)16(18)11-10-13-6-2-1-3-7-13/h1-3,6-7,14-15H,4-5,8-12,17H2. The molecular formula is C16H23NO. The molecule has 98 valence electrons. The van der Waals surface area contributed by atoms with Crippen LogP contribution in [0.3, 0.4) is 0 Å². The van der Waals surface area contributed by atoms with Crippen LogP contribution in [-0.4, -0.2) is 12.3 Å². The van der Waals surface area contributed by atoms with Gasteiger partial charge in [0.2, 0.25) is 0 Å². The van der Waals surface area contributed by atoms with Crippen LogP contribution in [0.4, 0.5) is 0 Å². The highest BCUT2D eigenvalue weighted by Crippen LogP contribution is 2.31. The quantitative estimate of drug-likeness (QED) is 0.866. The number of ketones is 1. The first-order chi connectivity index (χ1) is 8.81. The van der Waals surface area contributed by atoms with E-state index >= 15 is 0 Å². The zero-order chi connectivity index (χ0) is 12.8. The Hall–Kier alpha value is -1.15. The lowest BCUT2D eigenvalue weighted by molar-refractivity contribution is -0.125. The lowest BCUT2D eigenvalue weighted by atomic mass is 9.76. The molecule has 2 atom stereocenters. The minimum Gasteiger partial charge on any atom is -0.330 e. The van der Waals surface area contributed by atoms with Gasteiger partial charge in [-0.05, 0) is 37.3 Å². The number of benzene rings is 1. The molecule has 1 saturated carbocycles. The maximum Gasteiger partial charge on any atom is 0.136 e. The minimum atomic E-state index is 0.229. The molecule has 0 radical (unpaired) electrons. The molecule has 2 N–H and O–H groups in total. The van der Waals surface area contributed by atoms with Crippen molar-refractivity contribution < 1.29 is 4.79 Å². The summed E-state index contributed by atoms with van der Waals surface area (Å²) in [7, 11) is 0. The van der Waals surface area contributed by atoms with Gasteiger partial charge in [0.15, 0.2) is 0 Å². The molecule has 0 amide bonds. The van der Waals surface area contributed by atoms with Crippen molar-refractivity contribution in [2.24, 2.45) is 17.6 Å². The molecule has 0 spiro atoms. The molecule has 2 unspecified atom stereocenters. The van der Waals surface area contributed by atoms with E-state index in [0.717, 1.165) is 19.3 Å². The average Bonchev–Trinajstić information content (AvgIpc) is 2.45. The van der Waals surface area contributed by atoms with Crippen molar-refractivity contribution in [1.29, 1.82) is 0 Å². The van der Waals surface area contributed by atoms with Gasteiger partial charge in [-0.2, -0.15) is 0 Å². The van der Waals surface area contributed by atoms with Crippen molar-refractivity contribution in [2.45, 2.75) is 38.5 Å². The number of hydrogen-bond donors (Lipinski definition) is 1. The first kappa shape index (κ1) is 13.3. The highest BCUT2D eigenvalue weighted by Gasteiger charge is 2.29. The van der Waals surface area contributed by atoms with Gasteiger partial charge in [0.25, 0.3) is 0 Å². The Balaban J connectivity index is 1.87. The van der Waals surface area contributed by atoms with E-state index in [4.69, 9.17) is 5.73 Å². The maximum atomic E-state index is 12.3. The lowest BCUT2D eigenvalue weighted by Gasteiger charge is -2.29. The van der Waals surface area contributed by atoms with Gasteiger partial charge in [-0.1, -0.05) is 43.2 Å². The van der Waals surface area contributed by atoms with Crippen LogP contribution >= 0.6 is 0 Å². The van der Waals surface area contributed by atoms with Gasteiger partial charge in [-0.25, -0.2) is 0 Å². The van der Waals surface area contributed by atoms with Crippen molar-refractivity contribution in [1.82, 2.24) is 0 Å². The minimum absolute atomic E-state index is 0.229. The molecule has 1 aromatic carbocycles. The predicted molar refractivity (Wildman–Crippen MR) is 74.3 cm³/mol. The number of hydrogen-bond acceptors (Lipinski definition) is 2. The second-order valence-electron chi connectivity index (χ2n) is 5.34. The molecule has 0 bridgehead atoms. The molecular weight excluding hydrogens is 222 g/mol. The molecule has 1 aliphatic carbocycles. The summed E-state index contributed by atoms with van der Waals surface area (Å²) in [4.78, 5) is 12.3. The summed E-state index contributed by atoms with van der Waals surface area (Å²) in [5, 5.41) is 0. The molecule has 0 saturated heterocycles. The summed E-state index contributed by atoms with van der Waals surface area (Å²) in [5.74, 6) is 1.09. The molecule has 2 heteroatoms. The van der Waals surface area contributed by atoms with Crippen LogP contribution in [0.15, 0.2) is 30.3 Å². The fourth-order valence-corrected chi connectivity index (χ4v) is 3.01. The monoisotopic (exact) mass is 245 g/mol. The Morgan fingerprint density at radius 1 is 1.17 bits per heavy atom. The van der Waals surface area contributed by atoms with Gasteiger partial charge in [0, 0.05) is 12.3 Å². The number of Topliss-reactive ketones (excluding diaryl/α,β-unsaturated/α-hetero) is 1. The van der Waals surface area contributed by atoms with Crippen LogP contribution in [0.25, 0.3) is 0 Å². The lowest BCUT2D eigenvalue weighted by Crippen LogP contribution is -2.32. The van der Waals surface area contributed by atoms with Gasteiger partial charge in [-0.15, -0.1) is 0 Å². The Labute approximate surface area is 110 Å². The third kappa shape index (κ3) is 3.42. The number of carbonyl (C=O) groups excluding carboxylic acids is 1. The fraction of sp³-hybridized carbons (Fsp3) is 0.562. The summed E-state index contributed by atoms with van der Waals surface area (Å²) in [6, 6.07) is 10.3. The Bertz CT molecular complexity index is 374. The van der Waals surface area contributed by atoms with Crippen molar-refractivity contribution in [3.63, 3.8) is 0 Å². The SMILES string of the molecule is NCC1CCCCC1C(=O)CCc1ccccc1. The van der Waals surface area contributed by atoms with Crippen molar-refractivity contribution in [3.8, 4) is 0 Å². The molecule has 2 rings (SSSR count). The topological polar surface area (TPSA) is 43.1 Å². The summed E-state index contributed by atoms with van der Waals surface area (Å²) >= 11 is 0. The van der Waals surface area contributed by atoms with E-state index in [1.807, 2.05) is 18.2 Å². The predicted octanol–water partition coefficient (Wildman–Crippen LogP) is 2.95. The number of carbonyl (C=O) groups is 1. The molecule has 1 fully saturated rings. The van der Waals surface area contributed by atoms with E-state index in [1.54, 1.807) is 0 Å².